The number of nitrogens with zero attached hydrogens (tertiary/aromatic N) is 1. The van der Waals surface area contributed by atoms with Crippen LogP contribution in [0.2, 0.25) is 0 Å². The van der Waals surface area contributed by atoms with E-state index in [1.807, 2.05) is 24.3 Å². The summed E-state index contributed by atoms with van der Waals surface area (Å²) in [6.07, 6.45) is 2.14. The van der Waals surface area contributed by atoms with Crippen LogP contribution in [0.15, 0.2) is 60.8 Å². The van der Waals surface area contributed by atoms with Crippen molar-refractivity contribution in [2.75, 3.05) is 7.11 Å². The molecule has 1 N–H and O–H groups in total. The normalized spacial score (nSPS) is 10.6. The molecule has 112 valence electrons. The predicted molar refractivity (Wildman–Crippen MR) is 89.2 cm³/mol. The van der Waals surface area contributed by atoms with E-state index in [2.05, 4.69) is 35.9 Å². The first kappa shape index (κ1) is 14.3. The third-order valence-corrected chi connectivity index (χ3v) is 3.82. The van der Waals surface area contributed by atoms with Gasteiger partial charge in [0.15, 0.2) is 0 Å². The van der Waals surface area contributed by atoms with Crippen LogP contribution in [0.5, 0.6) is 11.5 Å². The van der Waals surface area contributed by atoms with Gasteiger partial charge in [0.1, 0.15) is 11.5 Å². The summed E-state index contributed by atoms with van der Waals surface area (Å²) in [5.41, 5.74) is 4.58. The Labute approximate surface area is 130 Å². The summed E-state index contributed by atoms with van der Waals surface area (Å²) < 4.78 is 7.44. The zero-order valence-electron chi connectivity index (χ0n) is 12.8. The van der Waals surface area contributed by atoms with Gasteiger partial charge < -0.3 is 14.4 Å². The zero-order chi connectivity index (χ0) is 15.5. The molecule has 3 nitrogen and oxygen atoms in total. The second kappa shape index (κ2) is 5.98. The maximum atomic E-state index is 9.42. The first-order chi connectivity index (χ1) is 10.7. The minimum Gasteiger partial charge on any atom is -0.508 e. The second-order valence-corrected chi connectivity index (χ2v) is 5.18. The van der Waals surface area contributed by atoms with Crippen molar-refractivity contribution in [3.8, 4) is 33.9 Å². The number of hydrogen-bond acceptors (Lipinski definition) is 2. The fraction of sp³-hybridized carbons (Fsp3) is 0.158. The quantitative estimate of drug-likeness (QED) is 0.765. The molecule has 0 saturated carbocycles. The molecule has 3 heteroatoms. The summed E-state index contributed by atoms with van der Waals surface area (Å²) in [5.74, 6) is 1.14. The monoisotopic (exact) mass is 293 g/mol. The molecule has 0 atom stereocenters. The van der Waals surface area contributed by atoms with Crippen LogP contribution in [0, 0.1) is 0 Å². The summed E-state index contributed by atoms with van der Waals surface area (Å²) in [6.45, 7) is 3.03. The Morgan fingerprint density at radius 2 is 1.55 bits per heavy atom. The number of phenols is 1. The molecule has 1 heterocycles. The standard InChI is InChI=1S/C19H19NO2/c1-3-20-13-16(14-4-8-17(21)9-5-14)12-19(20)15-6-10-18(22-2)11-7-15/h4-13,21H,3H2,1-2H3. The van der Waals surface area contributed by atoms with E-state index in [0.717, 1.165) is 29.0 Å². The average Bonchev–Trinajstić information content (AvgIpc) is 3.00. The Morgan fingerprint density at radius 1 is 0.909 bits per heavy atom. The first-order valence-corrected chi connectivity index (χ1v) is 7.35. The molecule has 1 aromatic heterocycles. The molecule has 0 radical (unpaired) electrons. The van der Waals surface area contributed by atoms with Crippen molar-refractivity contribution in [3.63, 3.8) is 0 Å². The topological polar surface area (TPSA) is 34.4 Å². The van der Waals surface area contributed by atoms with Crippen LogP contribution in [0.1, 0.15) is 6.92 Å². The fourth-order valence-electron chi connectivity index (χ4n) is 2.59. The Balaban J connectivity index is 2.02. The van der Waals surface area contributed by atoms with Crippen molar-refractivity contribution in [1.82, 2.24) is 4.57 Å². The van der Waals surface area contributed by atoms with Gasteiger partial charge >= 0.3 is 0 Å². The van der Waals surface area contributed by atoms with Gasteiger partial charge in [-0.15, -0.1) is 0 Å². The summed E-state index contributed by atoms with van der Waals surface area (Å²) in [7, 11) is 1.67. The smallest absolute Gasteiger partial charge is 0.118 e. The highest BCUT2D eigenvalue weighted by Gasteiger charge is 2.09. The van der Waals surface area contributed by atoms with Crippen LogP contribution in [-0.2, 0) is 6.54 Å². The van der Waals surface area contributed by atoms with Gasteiger partial charge in [-0.3, -0.25) is 0 Å². The molecule has 3 rings (SSSR count). The summed E-state index contributed by atoms with van der Waals surface area (Å²) in [5, 5.41) is 9.42. The number of methoxy groups -OCH3 is 1. The van der Waals surface area contributed by atoms with E-state index in [-0.39, 0.29) is 5.75 Å². The Kier molecular flexibility index (Phi) is 3.88. The van der Waals surface area contributed by atoms with E-state index in [1.54, 1.807) is 19.2 Å². The summed E-state index contributed by atoms with van der Waals surface area (Å²) >= 11 is 0. The molecule has 22 heavy (non-hydrogen) atoms. The number of aromatic hydroxyl groups is 1. The van der Waals surface area contributed by atoms with E-state index in [1.165, 1.54) is 5.69 Å². The summed E-state index contributed by atoms with van der Waals surface area (Å²) in [6, 6.07) is 17.6. The highest BCUT2D eigenvalue weighted by atomic mass is 16.5. The van der Waals surface area contributed by atoms with Crippen molar-refractivity contribution in [2.24, 2.45) is 0 Å². The van der Waals surface area contributed by atoms with E-state index < -0.39 is 0 Å². The van der Waals surface area contributed by atoms with Gasteiger partial charge in [0.25, 0.3) is 0 Å². The van der Waals surface area contributed by atoms with Gasteiger partial charge in [0.2, 0.25) is 0 Å². The molecule has 0 amide bonds. The molecule has 0 bridgehead atoms. The molecular formula is C19H19NO2. The number of aromatic nitrogens is 1. The van der Waals surface area contributed by atoms with Crippen molar-refractivity contribution in [1.29, 1.82) is 0 Å². The Morgan fingerprint density at radius 3 is 2.14 bits per heavy atom. The second-order valence-electron chi connectivity index (χ2n) is 5.18. The van der Waals surface area contributed by atoms with E-state index in [4.69, 9.17) is 4.74 Å². The van der Waals surface area contributed by atoms with Crippen LogP contribution >= 0.6 is 0 Å². The molecule has 2 aromatic carbocycles. The van der Waals surface area contributed by atoms with Gasteiger partial charge in [-0.1, -0.05) is 12.1 Å². The maximum Gasteiger partial charge on any atom is 0.118 e. The zero-order valence-corrected chi connectivity index (χ0v) is 12.8. The lowest BCUT2D eigenvalue weighted by atomic mass is 10.1. The Bertz CT molecular complexity index is 755. The van der Waals surface area contributed by atoms with Crippen LogP contribution in [0.4, 0.5) is 0 Å². The number of aryl methyl sites for hydroxylation is 1. The largest absolute Gasteiger partial charge is 0.508 e. The molecule has 0 aliphatic rings. The van der Waals surface area contributed by atoms with Gasteiger partial charge in [0, 0.05) is 18.4 Å². The highest BCUT2D eigenvalue weighted by Crippen LogP contribution is 2.30. The lowest BCUT2D eigenvalue weighted by Crippen LogP contribution is -1.94. The number of hydrogen-bond donors (Lipinski definition) is 1. The molecule has 0 spiro atoms. The lowest BCUT2D eigenvalue weighted by Gasteiger charge is -2.07. The van der Waals surface area contributed by atoms with E-state index in [9.17, 15) is 5.11 Å². The van der Waals surface area contributed by atoms with E-state index >= 15 is 0 Å². The Hall–Kier alpha value is -2.68. The lowest BCUT2D eigenvalue weighted by molar-refractivity contribution is 0.415. The van der Waals surface area contributed by atoms with Gasteiger partial charge in [-0.05, 0) is 66.1 Å². The predicted octanol–water partition coefficient (Wildman–Crippen LogP) is 4.56. The van der Waals surface area contributed by atoms with Crippen molar-refractivity contribution < 1.29 is 9.84 Å². The minimum absolute atomic E-state index is 0.286. The molecule has 0 aliphatic heterocycles. The van der Waals surface area contributed by atoms with Crippen LogP contribution in [-0.4, -0.2) is 16.8 Å². The SMILES string of the molecule is CCn1cc(-c2ccc(O)cc2)cc1-c1ccc(OC)cc1. The highest BCUT2D eigenvalue weighted by molar-refractivity contribution is 5.72. The van der Waals surface area contributed by atoms with E-state index in [0.29, 0.717) is 0 Å². The van der Waals surface area contributed by atoms with Crippen molar-refractivity contribution in [3.05, 3.63) is 60.8 Å². The van der Waals surface area contributed by atoms with Crippen molar-refractivity contribution >= 4 is 0 Å². The molecular weight excluding hydrogens is 274 g/mol. The molecule has 3 aromatic rings. The number of rotatable bonds is 4. The number of ether oxygens (including phenoxy) is 1. The first-order valence-electron chi connectivity index (χ1n) is 7.35. The van der Waals surface area contributed by atoms with Crippen LogP contribution < -0.4 is 4.74 Å². The summed E-state index contributed by atoms with van der Waals surface area (Å²) in [4.78, 5) is 0. The fourth-order valence-corrected chi connectivity index (χ4v) is 2.59. The maximum absolute atomic E-state index is 9.42. The third kappa shape index (κ3) is 2.70. The number of benzene rings is 2. The van der Waals surface area contributed by atoms with Crippen LogP contribution in [0.25, 0.3) is 22.4 Å². The molecule has 0 aliphatic carbocycles. The molecule has 0 fully saturated rings. The third-order valence-electron chi connectivity index (χ3n) is 3.82. The van der Waals surface area contributed by atoms with Gasteiger partial charge in [-0.25, -0.2) is 0 Å². The molecule has 0 unspecified atom stereocenters. The number of phenolic OH excluding ortho intramolecular Hbond substituents is 1. The van der Waals surface area contributed by atoms with Crippen molar-refractivity contribution in [2.45, 2.75) is 13.5 Å². The minimum atomic E-state index is 0.286. The van der Waals surface area contributed by atoms with Crippen LogP contribution in [0.3, 0.4) is 0 Å². The molecule has 0 saturated heterocycles. The van der Waals surface area contributed by atoms with Gasteiger partial charge in [-0.2, -0.15) is 0 Å². The average molecular weight is 293 g/mol. The van der Waals surface area contributed by atoms with Gasteiger partial charge in [0.05, 0.1) is 7.11 Å².